The molecule has 2 amide bonds. The molecule has 124 valence electrons. The standard InChI is InChI=1S/C20H22N2O2/c1-12-8-9-16(15(4)10-12)21-17-11-18(23)22(20(17)24)19-13(2)6-5-7-14(19)3/h5-10,17,21H,11H2,1-4H3. The third-order valence-corrected chi connectivity index (χ3v) is 4.52. The third-order valence-electron chi connectivity index (χ3n) is 4.52. The minimum atomic E-state index is -0.516. The number of imide groups is 1. The summed E-state index contributed by atoms with van der Waals surface area (Å²) in [6, 6.07) is 11.3. The van der Waals surface area contributed by atoms with Gasteiger partial charge in [-0.05, 0) is 50.5 Å². The zero-order valence-corrected chi connectivity index (χ0v) is 14.5. The monoisotopic (exact) mass is 322 g/mol. The van der Waals surface area contributed by atoms with E-state index in [0.29, 0.717) is 0 Å². The predicted molar refractivity (Wildman–Crippen MR) is 96.4 cm³/mol. The van der Waals surface area contributed by atoms with E-state index in [4.69, 9.17) is 0 Å². The Bertz CT molecular complexity index is 806. The first-order valence-electron chi connectivity index (χ1n) is 8.15. The van der Waals surface area contributed by atoms with Gasteiger partial charge in [0.2, 0.25) is 5.91 Å². The molecule has 4 heteroatoms. The van der Waals surface area contributed by atoms with Gasteiger partial charge in [0.1, 0.15) is 6.04 Å². The molecule has 24 heavy (non-hydrogen) atoms. The quantitative estimate of drug-likeness (QED) is 0.877. The molecule has 1 heterocycles. The summed E-state index contributed by atoms with van der Waals surface area (Å²) in [4.78, 5) is 26.7. The number of benzene rings is 2. The lowest BCUT2D eigenvalue weighted by molar-refractivity contribution is -0.121. The number of carbonyl (C=O) groups excluding carboxylic acids is 2. The molecule has 0 saturated carbocycles. The Morgan fingerprint density at radius 2 is 1.62 bits per heavy atom. The first-order valence-corrected chi connectivity index (χ1v) is 8.15. The first-order chi connectivity index (χ1) is 11.4. The summed E-state index contributed by atoms with van der Waals surface area (Å²) in [6.45, 7) is 7.88. The fourth-order valence-corrected chi connectivity index (χ4v) is 3.30. The maximum Gasteiger partial charge on any atom is 0.256 e. The summed E-state index contributed by atoms with van der Waals surface area (Å²) < 4.78 is 0. The third kappa shape index (κ3) is 2.80. The van der Waals surface area contributed by atoms with E-state index in [2.05, 4.69) is 11.4 Å². The van der Waals surface area contributed by atoms with Gasteiger partial charge in [-0.2, -0.15) is 0 Å². The van der Waals surface area contributed by atoms with Crippen molar-refractivity contribution in [2.24, 2.45) is 0 Å². The molecule has 0 aromatic heterocycles. The van der Waals surface area contributed by atoms with Crippen LogP contribution in [0.4, 0.5) is 11.4 Å². The highest BCUT2D eigenvalue weighted by atomic mass is 16.2. The number of amides is 2. The van der Waals surface area contributed by atoms with E-state index in [9.17, 15) is 9.59 Å². The molecule has 0 radical (unpaired) electrons. The van der Waals surface area contributed by atoms with Gasteiger partial charge in [0.15, 0.2) is 0 Å². The van der Waals surface area contributed by atoms with Crippen molar-refractivity contribution in [2.45, 2.75) is 40.2 Å². The van der Waals surface area contributed by atoms with Crippen molar-refractivity contribution in [2.75, 3.05) is 10.2 Å². The van der Waals surface area contributed by atoms with E-state index < -0.39 is 6.04 Å². The first kappa shape index (κ1) is 16.2. The lowest BCUT2D eigenvalue weighted by Crippen LogP contribution is -2.35. The SMILES string of the molecule is Cc1ccc(NC2CC(=O)N(c3c(C)cccc3C)C2=O)c(C)c1. The van der Waals surface area contributed by atoms with Crippen LogP contribution in [0.1, 0.15) is 28.7 Å². The highest BCUT2D eigenvalue weighted by molar-refractivity contribution is 6.23. The summed E-state index contributed by atoms with van der Waals surface area (Å²) in [7, 11) is 0. The Morgan fingerprint density at radius 1 is 0.958 bits per heavy atom. The number of para-hydroxylation sites is 1. The normalized spacial score (nSPS) is 17.5. The Labute approximate surface area is 142 Å². The second kappa shape index (κ2) is 6.11. The van der Waals surface area contributed by atoms with Crippen LogP contribution in [-0.2, 0) is 9.59 Å². The number of nitrogens with zero attached hydrogens (tertiary/aromatic N) is 1. The Morgan fingerprint density at radius 3 is 2.25 bits per heavy atom. The molecule has 4 nitrogen and oxygen atoms in total. The fraction of sp³-hybridized carbons (Fsp3) is 0.300. The van der Waals surface area contributed by atoms with E-state index in [1.54, 1.807) is 0 Å². The summed E-state index contributed by atoms with van der Waals surface area (Å²) in [6.07, 6.45) is 0.180. The van der Waals surface area contributed by atoms with Crippen molar-refractivity contribution in [1.29, 1.82) is 0 Å². The van der Waals surface area contributed by atoms with E-state index in [-0.39, 0.29) is 18.2 Å². The number of hydrogen-bond donors (Lipinski definition) is 1. The van der Waals surface area contributed by atoms with Gasteiger partial charge >= 0.3 is 0 Å². The Kier molecular flexibility index (Phi) is 4.14. The minimum absolute atomic E-state index is 0.153. The van der Waals surface area contributed by atoms with Crippen LogP contribution in [0.5, 0.6) is 0 Å². The van der Waals surface area contributed by atoms with E-state index in [1.165, 1.54) is 10.5 Å². The molecule has 1 aliphatic rings. The average molecular weight is 322 g/mol. The highest BCUT2D eigenvalue weighted by Gasteiger charge is 2.40. The molecule has 3 rings (SSSR count). The van der Waals surface area contributed by atoms with Gasteiger partial charge in [-0.1, -0.05) is 35.9 Å². The molecule has 1 fully saturated rings. The lowest BCUT2D eigenvalue weighted by atomic mass is 10.1. The molecule has 0 aliphatic carbocycles. The van der Waals surface area contributed by atoms with Gasteiger partial charge in [0.05, 0.1) is 12.1 Å². The number of nitrogens with one attached hydrogen (secondary N) is 1. The second-order valence-corrected chi connectivity index (χ2v) is 6.53. The van der Waals surface area contributed by atoms with Crippen LogP contribution in [-0.4, -0.2) is 17.9 Å². The van der Waals surface area contributed by atoms with Gasteiger partial charge in [-0.15, -0.1) is 0 Å². The summed E-state index contributed by atoms with van der Waals surface area (Å²) in [5.74, 6) is -0.336. The molecule has 0 spiro atoms. The van der Waals surface area contributed by atoms with E-state index in [1.807, 2.05) is 58.0 Å². The molecule has 2 aromatic rings. The molecular weight excluding hydrogens is 300 g/mol. The summed E-state index contributed by atoms with van der Waals surface area (Å²) >= 11 is 0. The molecule has 0 bridgehead atoms. The maximum atomic E-state index is 12.8. The number of anilines is 2. The zero-order chi connectivity index (χ0) is 17.4. The molecular formula is C20H22N2O2. The second-order valence-electron chi connectivity index (χ2n) is 6.53. The van der Waals surface area contributed by atoms with Crippen molar-refractivity contribution in [3.05, 3.63) is 58.7 Å². The smallest absolute Gasteiger partial charge is 0.256 e. The number of aryl methyl sites for hydroxylation is 4. The average Bonchev–Trinajstić information content (AvgIpc) is 2.77. The van der Waals surface area contributed by atoms with Crippen LogP contribution < -0.4 is 10.2 Å². The largest absolute Gasteiger partial charge is 0.373 e. The number of hydrogen-bond acceptors (Lipinski definition) is 3. The molecule has 2 aromatic carbocycles. The molecule has 1 N–H and O–H groups in total. The summed E-state index contributed by atoms with van der Waals surface area (Å²) in [5, 5.41) is 3.24. The van der Waals surface area contributed by atoms with Gasteiger partial charge in [-0.3, -0.25) is 9.59 Å². The number of rotatable bonds is 3. The zero-order valence-electron chi connectivity index (χ0n) is 14.5. The lowest BCUT2D eigenvalue weighted by Gasteiger charge is -2.20. The minimum Gasteiger partial charge on any atom is -0.373 e. The van der Waals surface area contributed by atoms with Crippen LogP contribution in [0.3, 0.4) is 0 Å². The van der Waals surface area contributed by atoms with Crippen molar-refractivity contribution >= 4 is 23.2 Å². The summed E-state index contributed by atoms with van der Waals surface area (Å²) in [5.41, 5.74) is 5.73. The van der Waals surface area contributed by atoms with Crippen molar-refractivity contribution in [3.8, 4) is 0 Å². The van der Waals surface area contributed by atoms with Gasteiger partial charge < -0.3 is 5.32 Å². The van der Waals surface area contributed by atoms with Crippen LogP contribution in [0.2, 0.25) is 0 Å². The van der Waals surface area contributed by atoms with Crippen LogP contribution in [0.15, 0.2) is 36.4 Å². The molecule has 1 unspecified atom stereocenters. The Balaban J connectivity index is 1.89. The molecule has 1 saturated heterocycles. The van der Waals surface area contributed by atoms with Crippen LogP contribution >= 0.6 is 0 Å². The predicted octanol–water partition coefficient (Wildman–Crippen LogP) is 3.66. The van der Waals surface area contributed by atoms with Crippen molar-refractivity contribution in [1.82, 2.24) is 0 Å². The van der Waals surface area contributed by atoms with E-state index in [0.717, 1.165) is 28.1 Å². The maximum absolute atomic E-state index is 12.8. The van der Waals surface area contributed by atoms with E-state index >= 15 is 0 Å². The molecule has 1 aliphatic heterocycles. The van der Waals surface area contributed by atoms with Crippen molar-refractivity contribution < 1.29 is 9.59 Å². The topological polar surface area (TPSA) is 49.4 Å². The fourth-order valence-electron chi connectivity index (χ4n) is 3.30. The van der Waals surface area contributed by atoms with Crippen LogP contribution in [0, 0.1) is 27.7 Å². The van der Waals surface area contributed by atoms with Crippen LogP contribution in [0.25, 0.3) is 0 Å². The van der Waals surface area contributed by atoms with Gasteiger partial charge in [-0.25, -0.2) is 4.90 Å². The number of carbonyl (C=O) groups is 2. The van der Waals surface area contributed by atoms with Gasteiger partial charge in [0, 0.05) is 5.69 Å². The van der Waals surface area contributed by atoms with Gasteiger partial charge in [0.25, 0.3) is 5.91 Å². The van der Waals surface area contributed by atoms with Crippen molar-refractivity contribution in [3.63, 3.8) is 0 Å². The Hall–Kier alpha value is -2.62. The highest BCUT2D eigenvalue weighted by Crippen LogP contribution is 2.31. The molecule has 1 atom stereocenters.